The number of likely N-dealkylation sites (tertiary alicyclic amines) is 1. The first-order valence-corrected chi connectivity index (χ1v) is 11.5. The van der Waals surface area contributed by atoms with Crippen LogP contribution in [-0.4, -0.2) is 57.4 Å². The quantitative estimate of drug-likeness (QED) is 0.327. The Hall–Kier alpha value is -2.70. The molecule has 1 saturated heterocycles. The van der Waals surface area contributed by atoms with Crippen molar-refractivity contribution >= 4 is 17.8 Å². The van der Waals surface area contributed by atoms with Crippen molar-refractivity contribution in [2.24, 2.45) is 23.7 Å². The van der Waals surface area contributed by atoms with Crippen LogP contribution in [0.25, 0.3) is 5.53 Å². The van der Waals surface area contributed by atoms with Crippen LogP contribution >= 0.6 is 0 Å². The van der Waals surface area contributed by atoms with Gasteiger partial charge in [0, 0.05) is 18.5 Å². The van der Waals surface area contributed by atoms with E-state index in [0.29, 0.717) is 18.8 Å². The van der Waals surface area contributed by atoms with E-state index < -0.39 is 23.6 Å². The molecule has 1 heterocycles. The van der Waals surface area contributed by atoms with Crippen LogP contribution in [0.15, 0.2) is 30.3 Å². The first-order chi connectivity index (χ1) is 15.4. The first kappa shape index (κ1) is 22.5. The van der Waals surface area contributed by atoms with Gasteiger partial charge in [0.05, 0.1) is 6.61 Å². The molecule has 1 unspecified atom stereocenters. The molecule has 1 amide bonds. The van der Waals surface area contributed by atoms with Crippen LogP contribution in [0.5, 0.6) is 0 Å². The molecule has 8 nitrogen and oxygen atoms in total. The number of benzene rings is 1. The van der Waals surface area contributed by atoms with Gasteiger partial charge < -0.3 is 25.0 Å². The van der Waals surface area contributed by atoms with E-state index in [2.05, 4.69) is 11.7 Å². The van der Waals surface area contributed by atoms with Gasteiger partial charge in [0.25, 0.3) is 0 Å². The summed E-state index contributed by atoms with van der Waals surface area (Å²) in [4.78, 5) is 30.5. The van der Waals surface area contributed by atoms with Gasteiger partial charge in [-0.05, 0) is 55.9 Å². The van der Waals surface area contributed by atoms with Crippen LogP contribution in [0, 0.1) is 23.7 Å². The normalized spacial score (nSPS) is 33.1. The third kappa shape index (κ3) is 4.05. The molecule has 1 aromatic rings. The number of esters is 1. The third-order valence-corrected chi connectivity index (χ3v) is 7.49. The van der Waals surface area contributed by atoms with Gasteiger partial charge in [-0.15, -0.1) is 0 Å². The average Bonchev–Trinajstić information content (AvgIpc) is 2.78. The third-order valence-electron chi connectivity index (χ3n) is 7.49. The Morgan fingerprint density at radius 1 is 1.22 bits per heavy atom. The van der Waals surface area contributed by atoms with Crippen LogP contribution < -0.4 is 0 Å². The smallest absolute Gasteiger partial charge is 0.420 e. The minimum absolute atomic E-state index is 0.0462. The molecule has 0 spiro atoms. The Balaban J connectivity index is 1.60. The lowest BCUT2D eigenvalue weighted by Crippen LogP contribution is -2.67. The fraction of sp³-hybridized carbons (Fsp3) is 0.625. The fourth-order valence-electron chi connectivity index (χ4n) is 6.13. The minimum Gasteiger partial charge on any atom is -0.457 e. The molecule has 2 saturated carbocycles. The lowest BCUT2D eigenvalue weighted by atomic mass is 9.55. The van der Waals surface area contributed by atoms with Crippen molar-refractivity contribution in [3.05, 3.63) is 41.4 Å². The number of nitrogens with zero attached hydrogens (tertiary/aromatic N) is 3. The van der Waals surface area contributed by atoms with Gasteiger partial charge in [-0.25, -0.2) is 9.59 Å². The second kappa shape index (κ2) is 9.04. The van der Waals surface area contributed by atoms with E-state index in [1.54, 1.807) is 11.8 Å². The summed E-state index contributed by atoms with van der Waals surface area (Å²) in [6, 6.07) is 9.55. The number of carbonyl (C=O) groups excluding carboxylic acids is 2. The number of carbonyl (C=O) groups is 2. The van der Waals surface area contributed by atoms with Gasteiger partial charge in [-0.3, -0.25) is 0 Å². The predicted molar refractivity (Wildman–Crippen MR) is 115 cm³/mol. The largest absolute Gasteiger partial charge is 0.457 e. The zero-order chi connectivity index (χ0) is 22.9. The molecule has 0 aromatic heterocycles. The maximum Gasteiger partial charge on any atom is 0.420 e. The Kier molecular flexibility index (Phi) is 6.35. The Bertz CT molecular complexity index is 915. The van der Waals surface area contributed by atoms with Crippen molar-refractivity contribution in [2.45, 2.75) is 57.8 Å². The van der Waals surface area contributed by atoms with Gasteiger partial charge >= 0.3 is 17.8 Å². The van der Waals surface area contributed by atoms with Crippen molar-refractivity contribution in [3.8, 4) is 0 Å². The van der Waals surface area contributed by atoms with E-state index in [9.17, 15) is 20.2 Å². The summed E-state index contributed by atoms with van der Waals surface area (Å²) in [5.41, 5.74) is 8.51. The molecule has 2 bridgehead atoms. The predicted octanol–water partition coefficient (Wildman–Crippen LogP) is 3.04. The van der Waals surface area contributed by atoms with E-state index in [0.717, 1.165) is 18.4 Å². The molecule has 3 aliphatic rings. The van der Waals surface area contributed by atoms with Gasteiger partial charge in [-0.1, -0.05) is 37.3 Å². The summed E-state index contributed by atoms with van der Waals surface area (Å²) in [6.45, 7) is 4.33. The number of hydrogen-bond acceptors (Lipinski definition) is 5. The summed E-state index contributed by atoms with van der Waals surface area (Å²) in [5, 5.41) is 11.7. The first-order valence-electron chi connectivity index (χ1n) is 11.5. The zero-order valence-corrected chi connectivity index (χ0v) is 18.6. The Morgan fingerprint density at radius 3 is 2.66 bits per heavy atom. The average molecular weight is 442 g/mol. The highest BCUT2D eigenvalue weighted by Crippen LogP contribution is 2.53. The second-order valence-electron chi connectivity index (χ2n) is 9.49. The molecule has 2 aliphatic carbocycles. The fourth-order valence-corrected chi connectivity index (χ4v) is 6.13. The monoisotopic (exact) mass is 441 g/mol. The minimum atomic E-state index is -1.65. The van der Waals surface area contributed by atoms with Gasteiger partial charge in [0.2, 0.25) is 0 Å². The van der Waals surface area contributed by atoms with Crippen molar-refractivity contribution in [1.29, 1.82) is 0 Å². The maximum atomic E-state index is 13.1. The summed E-state index contributed by atoms with van der Waals surface area (Å²) >= 11 is 0. The van der Waals surface area contributed by atoms with Crippen molar-refractivity contribution in [1.82, 2.24) is 4.90 Å². The van der Waals surface area contributed by atoms with Crippen molar-refractivity contribution in [2.75, 3.05) is 13.2 Å². The van der Waals surface area contributed by atoms with Gasteiger partial charge in [-0.2, -0.15) is 4.79 Å². The molecule has 1 aromatic carbocycles. The number of ether oxygens (including phenoxy) is 2. The van der Waals surface area contributed by atoms with E-state index in [-0.39, 0.29) is 43.3 Å². The summed E-state index contributed by atoms with van der Waals surface area (Å²) in [6.07, 6.45) is 2.37. The van der Waals surface area contributed by atoms with Gasteiger partial charge in [0.1, 0.15) is 6.61 Å². The zero-order valence-electron chi connectivity index (χ0n) is 18.6. The molecule has 3 fully saturated rings. The highest BCUT2D eigenvalue weighted by atomic mass is 16.6. The standard InChI is InChI=1S/C24H31N3O5/c1-3-31-22(28)21(26-25)24(30)12-17-9-15(2)10-20-19(17)11-18(24)13-27(20)23(29)32-14-16-7-5-4-6-8-16/h4-8,15,17-20,30H,3,9-14H2,1-2H3/t15-,17+,18?,19-,20+,24-/m1/s1. The molecule has 1 aliphatic heterocycles. The van der Waals surface area contributed by atoms with E-state index >= 15 is 0 Å². The topological polar surface area (TPSA) is 112 Å². The molecule has 4 rings (SSSR count). The number of hydrogen-bond donors (Lipinski definition) is 1. The summed E-state index contributed by atoms with van der Waals surface area (Å²) in [7, 11) is 0. The van der Waals surface area contributed by atoms with Crippen LogP contribution in [0.3, 0.4) is 0 Å². The molecule has 32 heavy (non-hydrogen) atoms. The van der Waals surface area contributed by atoms with E-state index in [1.165, 1.54) is 0 Å². The number of rotatable bonds is 5. The molecule has 0 radical (unpaired) electrons. The number of piperidine rings is 1. The molecular weight excluding hydrogens is 410 g/mol. The van der Waals surface area contributed by atoms with E-state index in [4.69, 9.17) is 9.47 Å². The highest BCUT2D eigenvalue weighted by Gasteiger charge is 2.62. The van der Waals surface area contributed by atoms with Crippen LogP contribution in [0.4, 0.5) is 4.79 Å². The summed E-state index contributed by atoms with van der Waals surface area (Å²) < 4.78 is 10.7. The van der Waals surface area contributed by atoms with Crippen LogP contribution in [0.2, 0.25) is 0 Å². The van der Waals surface area contributed by atoms with Crippen LogP contribution in [-0.2, 0) is 20.9 Å². The number of fused-ring (bicyclic) bond motifs is 1. The molecule has 1 N–H and O–H groups in total. The van der Waals surface area contributed by atoms with E-state index in [1.807, 2.05) is 30.3 Å². The summed E-state index contributed by atoms with van der Waals surface area (Å²) in [5.74, 6) is -0.563. The number of amides is 1. The number of aliphatic hydroxyl groups is 1. The molecule has 8 heteroatoms. The van der Waals surface area contributed by atoms with Crippen LogP contribution in [0.1, 0.15) is 45.1 Å². The Morgan fingerprint density at radius 2 is 1.97 bits per heavy atom. The highest BCUT2D eigenvalue weighted by molar-refractivity contribution is 6.37. The molecule has 6 atom stereocenters. The lowest BCUT2D eigenvalue weighted by Gasteiger charge is -2.57. The SMILES string of the molecule is CCOC(=O)C(=[N+]=[N-])[C@@]1(O)C[C@@H]2C[C@@H](C)C[C@H]3[C@@H]2CC1CN3C(=O)OCc1ccccc1. The molecular formula is C24H31N3O5. The second-order valence-corrected chi connectivity index (χ2v) is 9.49. The molecule has 172 valence electrons. The van der Waals surface area contributed by atoms with Crippen molar-refractivity contribution in [3.63, 3.8) is 0 Å². The Labute approximate surface area is 188 Å². The maximum absolute atomic E-state index is 13.1. The lowest BCUT2D eigenvalue weighted by molar-refractivity contribution is -0.157. The van der Waals surface area contributed by atoms with Gasteiger partial charge in [0.15, 0.2) is 5.60 Å². The van der Waals surface area contributed by atoms with Crippen molar-refractivity contribution < 1.29 is 29.0 Å².